The van der Waals surface area contributed by atoms with Gasteiger partial charge in [-0.15, -0.1) is 0 Å². The third kappa shape index (κ3) is 3.25. The van der Waals surface area contributed by atoms with E-state index in [0.29, 0.717) is 45.5 Å². The molecule has 3 aliphatic rings. The number of pyridine rings is 1. The smallest absolute Gasteiger partial charge is 0.228 e. The summed E-state index contributed by atoms with van der Waals surface area (Å²) in [5.74, 6) is 2.18. The second kappa shape index (κ2) is 7.50. The monoisotopic (exact) mass is 384 g/mol. The zero-order valence-corrected chi connectivity index (χ0v) is 15.8. The Labute approximate surface area is 163 Å². The average Bonchev–Trinajstić information content (AvgIpc) is 3.26. The summed E-state index contributed by atoms with van der Waals surface area (Å²) in [6.07, 6.45) is 1.80. The van der Waals surface area contributed by atoms with E-state index in [1.807, 2.05) is 6.07 Å². The fourth-order valence-electron chi connectivity index (χ4n) is 3.83. The minimum absolute atomic E-state index is 0.500. The molecule has 5 rings (SSSR count). The van der Waals surface area contributed by atoms with Crippen molar-refractivity contribution in [2.75, 3.05) is 68.1 Å². The molecule has 2 aromatic heterocycles. The third-order valence-corrected chi connectivity index (χ3v) is 5.43. The number of aromatic nitrogens is 3. The van der Waals surface area contributed by atoms with Gasteiger partial charge < -0.3 is 29.7 Å². The Hall–Kier alpha value is -2.49. The molecule has 0 unspecified atom stereocenters. The Morgan fingerprint density at radius 3 is 2.25 bits per heavy atom. The molecule has 0 aromatic carbocycles. The van der Waals surface area contributed by atoms with Crippen LogP contribution in [0.5, 0.6) is 0 Å². The molecule has 2 aromatic rings. The number of morpholine rings is 2. The van der Waals surface area contributed by atoms with Gasteiger partial charge in [-0.25, -0.2) is 9.97 Å². The van der Waals surface area contributed by atoms with Crippen molar-refractivity contribution in [3.05, 3.63) is 23.4 Å². The van der Waals surface area contributed by atoms with Crippen LogP contribution in [0.25, 0.3) is 11.3 Å². The molecule has 28 heavy (non-hydrogen) atoms. The fourth-order valence-corrected chi connectivity index (χ4v) is 3.83. The molecule has 0 bridgehead atoms. The summed E-state index contributed by atoms with van der Waals surface area (Å²) in [5, 5.41) is 0. The second-order valence-corrected chi connectivity index (χ2v) is 7.12. The SMILES string of the molecule is Nc1ncc(-c2cc(N3CCOCC3)nc(N3CCOCC3)n2)c2c1COC2. The first-order chi connectivity index (χ1) is 13.8. The van der Waals surface area contributed by atoms with E-state index >= 15 is 0 Å². The van der Waals surface area contributed by atoms with E-state index in [1.165, 1.54) is 0 Å². The van der Waals surface area contributed by atoms with Gasteiger partial charge in [0.05, 0.1) is 45.3 Å². The predicted molar refractivity (Wildman–Crippen MR) is 104 cm³/mol. The van der Waals surface area contributed by atoms with E-state index in [-0.39, 0.29) is 0 Å². The van der Waals surface area contributed by atoms with E-state index in [0.717, 1.165) is 60.3 Å². The lowest BCUT2D eigenvalue weighted by atomic mass is 10.0. The van der Waals surface area contributed by atoms with Crippen LogP contribution in [0.4, 0.5) is 17.6 Å². The average molecular weight is 384 g/mol. The molecule has 2 N–H and O–H groups in total. The minimum atomic E-state index is 0.500. The molecule has 0 aliphatic carbocycles. The van der Waals surface area contributed by atoms with Crippen LogP contribution in [-0.2, 0) is 27.4 Å². The van der Waals surface area contributed by atoms with Gasteiger partial charge in [-0.05, 0) is 5.56 Å². The summed E-state index contributed by atoms with van der Waals surface area (Å²) in [5.41, 5.74) is 9.91. The maximum Gasteiger partial charge on any atom is 0.228 e. The van der Waals surface area contributed by atoms with Crippen LogP contribution < -0.4 is 15.5 Å². The fraction of sp³-hybridized carbons (Fsp3) is 0.526. The van der Waals surface area contributed by atoms with Crippen LogP contribution in [0.1, 0.15) is 11.1 Å². The number of hydrogen-bond donors (Lipinski definition) is 1. The normalized spacial score (nSPS) is 19.7. The Balaban J connectivity index is 1.59. The van der Waals surface area contributed by atoms with Crippen LogP contribution in [0, 0.1) is 0 Å². The quantitative estimate of drug-likeness (QED) is 0.824. The van der Waals surface area contributed by atoms with Gasteiger partial charge >= 0.3 is 0 Å². The molecule has 9 nitrogen and oxygen atoms in total. The van der Waals surface area contributed by atoms with Crippen molar-refractivity contribution in [2.24, 2.45) is 0 Å². The van der Waals surface area contributed by atoms with Gasteiger partial charge in [-0.2, -0.15) is 4.98 Å². The Kier molecular flexibility index (Phi) is 4.71. The molecule has 0 atom stereocenters. The number of anilines is 3. The van der Waals surface area contributed by atoms with Gasteiger partial charge in [-0.3, -0.25) is 0 Å². The number of hydrogen-bond acceptors (Lipinski definition) is 9. The number of rotatable bonds is 3. The lowest BCUT2D eigenvalue weighted by Gasteiger charge is -2.31. The van der Waals surface area contributed by atoms with Crippen LogP contribution in [0.2, 0.25) is 0 Å². The van der Waals surface area contributed by atoms with Crippen molar-refractivity contribution >= 4 is 17.6 Å². The van der Waals surface area contributed by atoms with E-state index in [2.05, 4.69) is 14.8 Å². The van der Waals surface area contributed by atoms with Gasteiger partial charge in [-0.1, -0.05) is 0 Å². The highest BCUT2D eigenvalue weighted by atomic mass is 16.5. The number of ether oxygens (including phenoxy) is 3. The van der Waals surface area contributed by atoms with E-state index in [1.54, 1.807) is 6.20 Å². The standard InChI is InChI=1S/C19H24N6O3/c20-18-15-12-28-11-14(15)13(10-21-18)16-9-17(24-1-5-26-6-2-24)23-19(22-16)25-3-7-27-8-4-25/h9-10H,1-8,11-12H2,(H2,20,21). The van der Waals surface area contributed by atoms with Gasteiger partial charge in [0.2, 0.25) is 5.95 Å². The first kappa shape index (κ1) is 17.6. The molecule has 2 fully saturated rings. The highest BCUT2D eigenvalue weighted by Gasteiger charge is 2.24. The topological polar surface area (TPSA) is 98.9 Å². The van der Waals surface area contributed by atoms with Crippen molar-refractivity contribution < 1.29 is 14.2 Å². The van der Waals surface area contributed by atoms with Crippen molar-refractivity contribution in [1.29, 1.82) is 0 Å². The van der Waals surface area contributed by atoms with Crippen molar-refractivity contribution in [3.8, 4) is 11.3 Å². The van der Waals surface area contributed by atoms with Gasteiger partial charge in [0, 0.05) is 49.6 Å². The first-order valence-electron chi connectivity index (χ1n) is 9.68. The summed E-state index contributed by atoms with van der Waals surface area (Å²) in [4.78, 5) is 18.6. The molecule has 0 amide bonds. The molecule has 0 saturated carbocycles. The summed E-state index contributed by atoms with van der Waals surface area (Å²) >= 11 is 0. The molecule has 0 spiro atoms. The third-order valence-electron chi connectivity index (χ3n) is 5.43. The molecule has 3 aliphatic heterocycles. The highest BCUT2D eigenvalue weighted by molar-refractivity contribution is 5.71. The predicted octanol–water partition coefficient (Wildman–Crippen LogP) is 0.824. The van der Waals surface area contributed by atoms with Crippen LogP contribution in [0.15, 0.2) is 12.3 Å². The number of nitrogens with zero attached hydrogens (tertiary/aromatic N) is 5. The maximum atomic E-state index is 6.04. The molecule has 0 radical (unpaired) electrons. The van der Waals surface area contributed by atoms with Gasteiger partial charge in [0.15, 0.2) is 0 Å². The summed E-state index contributed by atoms with van der Waals surface area (Å²) in [7, 11) is 0. The largest absolute Gasteiger partial charge is 0.383 e. The molecule has 2 saturated heterocycles. The maximum absolute atomic E-state index is 6.04. The summed E-state index contributed by atoms with van der Waals surface area (Å²) in [6.45, 7) is 7.03. The number of nitrogen functional groups attached to an aromatic ring is 1. The van der Waals surface area contributed by atoms with E-state index in [9.17, 15) is 0 Å². The lowest BCUT2D eigenvalue weighted by Crippen LogP contribution is -2.39. The number of nitrogens with two attached hydrogens (primary N) is 1. The Morgan fingerprint density at radius 1 is 0.821 bits per heavy atom. The van der Waals surface area contributed by atoms with Crippen LogP contribution in [-0.4, -0.2) is 67.6 Å². The van der Waals surface area contributed by atoms with Crippen molar-refractivity contribution in [3.63, 3.8) is 0 Å². The zero-order chi connectivity index (χ0) is 18.9. The molecular weight excluding hydrogens is 360 g/mol. The second-order valence-electron chi connectivity index (χ2n) is 7.12. The lowest BCUT2D eigenvalue weighted by molar-refractivity contribution is 0.121. The molecule has 148 valence electrons. The van der Waals surface area contributed by atoms with Gasteiger partial charge in [0.25, 0.3) is 0 Å². The number of fused-ring (bicyclic) bond motifs is 1. The van der Waals surface area contributed by atoms with E-state index < -0.39 is 0 Å². The van der Waals surface area contributed by atoms with Crippen molar-refractivity contribution in [2.45, 2.75) is 13.2 Å². The van der Waals surface area contributed by atoms with Gasteiger partial charge in [0.1, 0.15) is 11.6 Å². The summed E-state index contributed by atoms with van der Waals surface area (Å²) in [6, 6.07) is 2.04. The Bertz CT molecular complexity index is 829. The minimum Gasteiger partial charge on any atom is -0.383 e. The molecule has 9 heteroatoms. The van der Waals surface area contributed by atoms with Crippen LogP contribution in [0.3, 0.4) is 0 Å². The Morgan fingerprint density at radius 2 is 1.50 bits per heavy atom. The highest BCUT2D eigenvalue weighted by Crippen LogP contribution is 2.34. The van der Waals surface area contributed by atoms with Crippen molar-refractivity contribution in [1.82, 2.24) is 15.0 Å². The zero-order valence-electron chi connectivity index (χ0n) is 15.8. The molecular formula is C19H24N6O3. The van der Waals surface area contributed by atoms with E-state index in [4.69, 9.17) is 29.9 Å². The first-order valence-corrected chi connectivity index (χ1v) is 9.68. The summed E-state index contributed by atoms with van der Waals surface area (Å²) < 4.78 is 16.6. The van der Waals surface area contributed by atoms with Crippen LogP contribution >= 0.6 is 0 Å². The molecule has 5 heterocycles.